The Bertz CT molecular complexity index is 1650. The summed E-state index contributed by atoms with van der Waals surface area (Å²) in [6, 6.07) is 27.4. The van der Waals surface area contributed by atoms with Gasteiger partial charge in [-0.2, -0.15) is 5.10 Å². The Balaban J connectivity index is 1.41. The van der Waals surface area contributed by atoms with E-state index in [1.807, 2.05) is 89.5 Å². The Morgan fingerprint density at radius 1 is 0.947 bits per heavy atom. The molecule has 0 aliphatic rings. The average molecular weight is 507 g/mol. The van der Waals surface area contributed by atoms with Crippen molar-refractivity contribution in [2.75, 3.05) is 13.7 Å². The van der Waals surface area contributed by atoms with Crippen molar-refractivity contribution < 1.29 is 19.1 Å². The molecule has 0 spiro atoms. The van der Waals surface area contributed by atoms with Crippen LogP contribution in [0.1, 0.15) is 11.3 Å². The molecule has 0 aliphatic heterocycles. The molecule has 3 heterocycles. The molecule has 38 heavy (non-hydrogen) atoms. The third-order valence-electron chi connectivity index (χ3n) is 6.55. The second-order valence-corrected chi connectivity index (χ2v) is 8.85. The number of para-hydroxylation sites is 1. The second-order valence-electron chi connectivity index (χ2n) is 8.85. The molecule has 0 atom stereocenters. The molecule has 0 saturated carbocycles. The number of methoxy groups -OCH3 is 1. The number of aromatic amines is 1. The Morgan fingerprint density at radius 3 is 2.50 bits per heavy atom. The van der Waals surface area contributed by atoms with Crippen LogP contribution in [0.4, 0.5) is 0 Å². The maximum atomic E-state index is 11.4. The molecule has 0 radical (unpaired) electrons. The van der Waals surface area contributed by atoms with E-state index in [4.69, 9.17) is 14.0 Å². The van der Waals surface area contributed by atoms with Crippen LogP contribution in [0.2, 0.25) is 0 Å². The summed E-state index contributed by atoms with van der Waals surface area (Å²) in [5.41, 5.74) is 6.55. The molecule has 6 rings (SSSR count). The van der Waals surface area contributed by atoms with E-state index in [-0.39, 0.29) is 5.88 Å². The van der Waals surface area contributed by atoms with E-state index in [1.165, 1.54) is 0 Å². The molecule has 190 valence electrons. The summed E-state index contributed by atoms with van der Waals surface area (Å²) in [6.07, 6.45) is 2.12. The number of aromatic hydroxyl groups is 1. The standard InChI is InChI=1S/C30H26N4O4/c1-36-26-10-6-5-9-23(26)29-27-25(15-17-37-19-20-7-3-2-4-8-20)31-32-28(27)30(35)34(29)22-13-11-21(12-14-22)24-16-18-38-33-24/h2-14,16,18,32,35H,15,17,19H2,1H3. The highest BCUT2D eigenvalue weighted by Crippen LogP contribution is 2.44. The summed E-state index contributed by atoms with van der Waals surface area (Å²) in [5, 5.41) is 23.9. The molecule has 0 aliphatic carbocycles. The lowest BCUT2D eigenvalue weighted by Crippen LogP contribution is -2.02. The Kier molecular flexibility index (Phi) is 6.37. The molecular formula is C30H26N4O4. The molecular weight excluding hydrogens is 480 g/mol. The van der Waals surface area contributed by atoms with Gasteiger partial charge in [-0.15, -0.1) is 0 Å². The highest BCUT2D eigenvalue weighted by Gasteiger charge is 2.26. The van der Waals surface area contributed by atoms with Gasteiger partial charge >= 0.3 is 0 Å². The molecule has 0 amide bonds. The maximum absolute atomic E-state index is 11.4. The lowest BCUT2D eigenvalue weighted by atomic mass is 10.1. The van der Waals surface area contributed by atoms with Crippen LogP contribution in [0.15, 0.2) is 95.7 Å². The smallest absolute Gasteiger partial charge is 0.222 e. The van der Waals surface area contributed by atoms with Gasteiger partial charge in [-0.3, -0.25) is 9.67 Å². The molecule has 0 bridgehead atoms. The van der Waals surface area contributed by atoms with Gasteiger partial charge in [0, 0.05) is 29.3 Å². The van der Waals surface area contributed by atoms with Gasteiger partial charge in [0.2, 0.25) is 5.88 Å². The van der Waals surface area contributed by atoms with Crippen molar-refractivity contribution in [1.82, 2.24) is 19.9 Å². The van der Waals surface area contributed by atoms with Crippen molar-refractivity contribution >= 4 is 10.9 Å². The number of rotatable bonds is 9. The number of nitrogens with one attached hydrogen (secondary N) is 1. The first kappa shape index (κ1) is 23.6. The zero-order valence-corrected chi connectivity index (χ0v) is 20.8. The summed E-state index contributed by atoms with van der Waals surface area (Å²) in [7, 11) is 1.64. The maximum Gasteiger partial charge on any atom is 0.222 e. The number of H-pyrrole nitrogens is 1. The van der Waals surface area contributed by atoms with E-state index in [0.29, 0.717) is 30.9 Å². The van der Waals surface area contributed by atoms with Gasteiger partial charge in [-0.25, -0.2) is 0 Å². The molecule has 0 fully saturated rings. The van der Waals surface area contributed by atoms with Gasteiger partial charge in [0.1, 0.15) is 23.2 Å². The van der Waals surface area contributed by atoms with Crippen LogP contribution in [0.3, 0.4) is 0 Å². The normalized spacial score (nSPS) is 11.3. The number of nitrogens with zero attached hydrogens (tertiary/aromatic N) is 3. The van der Waals surface area contributed by atoms with E-state index >= 15 is 0 Å². The van der Waals surface area contributed by atoms with Crippen LogP contribution in [-0.2, 0) is 17.8 Å². The monoisotopic (exact) mass is 506 g/mol. The fourth-order valence-electron chi connectivity index (χ4n) is 4.73. The molecule has 6 aromatic rings. The molecule has 3 aromatic heterocycles. The van der Waals surface area contributed by atoms with Crippen LogP contribution in [0.25, 0.3) is 39.1 Å². The molecule has 8 nitrogen and oxygen atoms in total. The van der Waals surface area contributed by atoms with Gasteiger partial charge < -0.3 is 19.1 Å². The highest BCUT2D eigenvalue weighted by atomic mass is 16.5. The molecule has 8 heteroatoms. The van der Waals surface area contributed by atoms with Crippen LogP contribution in [-0.4, -0.2) is 38.7 Å². The van der Waals surface area contributed by atoms with Gasteiger partial charge in [0.15, 0.2) is 0 Å². The average Bonchev–Trinajstić information content (AvgIpc) is 3.71. The SMILES string of the molecule is COc1ccccc1-c1c2c(CCOCc3ccccc3)n[nH]c2c(O)n1-c1ccc(-c2ccon2)cc1. The largest absolute Gasteiger partial charge is 0.496 e. The number of aromatic nitrogens is 4. The number of hydrogen-bond donors (Lipinski definition) is 2. The Hall–Kier alpha value is -4.82. The summed E-state index contributed by atoms with van der Waals surface area (Å²) < 4.78 is 18.5. The fraction of sp³-hybridized carbons (Fsp3) is 0.133. The zero-order valence-electron chi connectivity index (χ0n) is 20.8. The minimum Gasteiger partial charge on any atom is -0.496 e. The molecule has 2 N–H and O–H groups in total. The van der Waals surface area contributed by atoms with Gasteiger partial charge in [-0.05, 0) is 29.8 Å². The topological polar surface area (TPSA) is 98.3 Å². The Morgan fingerprint density at radius 2 is 1.74 bits per heavy atom. The van der Waals surface area contributed by atoms with Gasteiger partial charge in [0.05, 0.1) is 37.1 Å². The first-order valence-corrected chi connectivity index (χ1v) is 12.3. The summed E-state index contributed by atoms with van der Waals surface area (Å²) in [5.74, 6) is 0.763. The van der Waals surface area contributed by atoms with E-state index < -0.39 is 0 Å². The highest BCUT2D eigenvalue weighted by molar-refractivity contribution is 6.02. The van der Waals surface area contributed by atoms with Gasteiger partial charge in [0.25, 0.3) is 0 Å². The minimum atomic E-state index is 0.0686. The van der Waals surface area contributed by atoms with Crippen molar-refractivity contribution in [3.05, 3.63) is 102 Å². The van der Waals surface area contributed by atoms with Crippen molar-refractivity contribution in [3.8, 4) is 39.8 Å². The zero-order chi connectivity index (χ0) is 25.9. The predicted octanol–water partition coefficient (Wildman–Crippen LogP) is 6.15. The predicted molar refractivity (Wildman–Crippen MR) is 144 cm³/mol. The van der Waals surface area contributed by atoms with Crippen molar-refractivity contribution in [2.45, 2.75) is 13.0 Å². The third kappa shape index (κ3) is 4.31. The minimum absolute atomic E-state index is 0.0686. The quantitative estimate of drug-likeness (QED) is 0.228. The first-order valence-electron chi connectivity index (χ1n) is 12.3. The van der Waals surface area contributed by atoms with E-state index in [0.717, 1.165) is 44.8 Å². The summed E-state index contributed by atoms with van der Waals surface area (Å²) >= 11 is 0. The lowest BCUT2D eigenvalue weighted by molar-refractivity contribution is 0.123. The molecule has 0 saturated heterocycles. The second kappa shape index (κ2) is 10.3. The van der Waals surface area contributed by atoms with Crippen molar-refractivity contribution in [2.24, 2.45) is 0 Å². The summed E-state index contributed by atoms with van der Waals surface area (Å²) in [6.45, 7) is 1.01. The van der Waals surface area contributed by atoms with Crippen LogP contribution >= 0.6 is 0 Å². The number of benzene rings is 3. The van der Waals surface area contributed by atoms with Crippen LogP contribution < -0.4 is 4.74 Å². The van der Waals surface area contributed by atoms with Crippen molar-refractivity contribution in [1.29, 1.82) is 0 Å². The number of hydrogen-bond acceptors (Lipinski definition) is 6. The van der Waals surface area contributed by atoms with Gasteiger partial charge in [-0.1, -0.05) is 59.8 Å². The molecule has 0 unspecified atom stereocenters. The van der Waals surface area contributed by atoms with Crippen LogP contribution in [0, 0.1) is 0 Å². The Labute approximate surface area is 219 Å². The fourth-order valence-corrected chi connectivity index (χ4v) is 4.73. The van der Waals surface area contributed by atoms with E-state index in [9.17, 15) is 5.11 Å². The molecule has 3 aromatic carbocycles. The first-order chi connectivity index (χ1) is 18.7. The third-order valence-corrected chi connectivity index (χ3v) is 6.55. The van der Waals surface area contributed by atoms with Crippen molar-refractivity contribution in [3.63, 3.8) is 0 Å². The van der Waals surface area contributed by atoms with Crippen LogP contribution in [0.5, 0.6) is 11.6 Å². The van der Waals surface area contributed by atoms with E-state index in [1.54, 1.807) is 13.4 Å². The van der Waals surface area contributed by atoms with E-state index in [2.05, 4.69) is 15.4 Å². The summed E-state index contributed by atoms with van der Waals surface area (Å²) in [4.78, 5) is 0. The number of ether oxygens (including phenoxy) is 2. The lowest BCUT2D eigenvalue weighted by Gasteiger charge is -2.15. The number of fused-ring (bicyclic) bond motifs is 1.